The average Bonchev–Trinajstić information content (AvgIpc) is 2.06. The Morgan fingerprint density at radius 3 is 2.36 bits per heavy atom. The van der Waals surface area contributed by atoms with E-state index >= 15 is 0 Å². The van der Waals surface area contributed by atoms with Crippen LogP contribution in [0.25, 0.3) is 0 Å². The molecule has 0 saturated carbocycles. The van der Waals surface area contributed by atoms with E-state index in [2.05, 4.69) is 15.9 Å². The minimum absolute atomic E-state index is 0.0948. The molecule has 0 atom stereocenters. The normalized spacial score (nSPS) is 11.4. The van der Waals surface area contributed by atoms with Gasteiger partial charge >= 0.3 is 6.18 Å². The molecular weight excluding hydrogens is 263 g/mol. The van der Waals surface area contributed by atoms with Gasteiger partial charge in [0.1, 0.15) is 0 Å². The van der Waals surface area contributed by atoms with Gasteiger partial charge in [-0.25, -0.2) is 0 Å². The SMILES string of the molecule is Nc1cc(C=O)c(Br)c(C(F)(F)F)c1. The van der Waals surface area contributed by atoms with Gasteiger partial charge in [0.05, 0.1) is 5.56 Å². The fourth-order valence-corrected chi connectivity index (χ4v) is 1.51. The zero-order valence-corrected chi connectivity index (χ0v) is 8.32. The molecule has 0 saturated heterocycles. The predicted octanol–water partition coefficient (Wildman–Crippen LogP) is 2.86. The van der Waals surface area contributed by atoms with E-state index in [9.17, 15) is 18.0 Å². The Morgan fingerprint density at radius 2 is 1.93 bits per heavy atom. The summed E-state index contributed by atoms with van der Waals surface area (Å²) in [5, 5.41) is 0. The number of hydrogen-bond acceptors (Lipinski definition) is 2. The second-order valence-electron chi connectivity index (χ2n) is 2.59. The van der Waals surface area contributed by atoms with Crippen molar-refractivity contribution in [3.05, 3.63) is 27.7 Å². The van der Waals surface area contributed by atoms with Crippen LogP contribution < -0.4 is 5.73 Å². The Morgan fingerprint density at radius 1 is 1.36 bits per heavy atom. The molecule has 0 aliphatic rings. The number of carbonyl (C=O) groups is 1. The summed E-state index contributed by atoms with van der Waals surface area (Å²) in [5.74, 6) is 0. The molecule has 2 N–H and O–H groups in total. The van der Waals surface area contributed by atoms with Gasteiger partial charge in [0.25, 0.3) is 0 Å². The molecule has 76 valence electrons. The fourth-order valence-electron chi connectivity index (χ4n) is 0.962. The van der Waals surface area contributed by atoms with Crippen molar-refractivity contribution in [2.45, 2.75) is 6.18 Å². The molecule has 0 spiro atoms. The number of rotatable bonds is 1. The van der Waals surface area contributed by atoms with E-state index in [1.807, 2.05) is 0 Å². The predicted molar refractivity (Wildman–Crippen MR) is 48.9 cm³/mol. The lowest BCUT2D eigenvalue weighted by Gasteiger charge is -2.11. The lowest BCUT2D eigenvalue weighted by molar-refractivity contribution is -0.138. The number of alkyl halides is 3. The molecule has 2 nitrogen and oxygen atoms in total. The Labute approximate surface area is 86.0 Å². The van der Waals surface area contributed by atoms with E-state index in [0.717, 1.165) is 6.07 Å². The molecule has 1 rings (SSSR count). The molecule has 14 heavy (non-hydrogen) atoms. The smallest absolute Gasteiger partial charge is 0.399 e. The first-order valence-electron chi connectivity index (χ1n) is 3.47. The largest absolute Gasteiger partial charge is 0.417 e. The number of anilines is 1. The monoisotopic (exact) mass is 267 g/mol. The van der Waals surface area contributed by atoms with Crippen LogP contribution >= 0.6 is 15.9 Å². The van der Waals surface area contributed by atoms with Crippen LogP contribution in [0.15, 0.2) is 16.6 Å². The lowest BCUT2D eigenvalue weighted by atomic mass is 10.1. The van der Waals surface area contributed by atoms with Crippen LogP contribution in [0.5, 0.6) is 0 Å². The van der Waals surface area contributed by atoms with E-state index in [1.54, 1.807) is 0 Å². The highest BCUT2D eigenvalue weighted by Gasteiger charge is 2.34. The molecule has 1 aromatic carbocycles. The minimum Gasteiger partial charge on any atom is -0.399 e. The minimum atomic E-state index is -4.52. The van der Waals surface area contributed by atoms with Gasteiger partial charge in [0, 0.05) is 15.7 Å². The van der Waals surface area contributed by atoms with Gasteiger partial charge < -0.3 is 5.73 Å². The lowest BCUT2D eigenvalue weighted by Crippen LogP contribution is -2.08. The number of nitrogen functional groups attached to an aromatic ring is 1. The summed E-state index contributed by atoms with van der Waals surface area (Å²) in [4.78, 5) is 10.4. The van der Waals surface area contributed by atoms with Gasteiger partial charge in [-0.15, -0.1) is 0 Å². The second-order valence-corrected chi connectivity index (χ2v) is 3.38. The van der Waals surface area contributed by atoms with Gasteiger partial charge in [-0.3, -0.25) is 4.79 Å². The molecule has 0 aromatic heterocycles. The zero-order valence-electron chi connectivity index (χ0n) is 6.73. The molecular formula is C8H5BrF3NO. The van der Waals surface area contributed by atoms with Crippen LogP contribution in [0.3, 0.4) is 0 Å². The molecule has 6 heteroatoms. The van der Waals surface area contributed by atoms with Crippen LogP contribution in [-0.2, 0) is 6.18 Å². The Bertz CT molecular complexity index is 376. The first kappa shape index (κ1) is 11.0. The third-order valence-corrected chi connectivity index (χ3v) is 2.44. The molecule has 0 fully saturated rings. The summed E-state index contributed by atoms with van der Waals surface area (Å²) in [6.07, 6.45) is -4.21. The Hall–Kier alpha value is -1.04. The first-order valence-corrected chi connectivity index (χ1v) is 4.27. The van der Waals surface area contributed by atoms with Crippen LogP contribution in [0.2, 0.25) is 0 Å². The molecule has 0 aliphatic heterocycles. The van der Waals surface area contributed by atoms with Gasteiger partial charge in [-0.2, -0.15) is 13.2 Å². The summed E-state index contributed by atoms with van der Waals surface area (Å²) < 4.78 is 36.7. The van der Waals surface area contributed by atoms with E-state index in [-0.39, 0.29) is 15.7 Å². The summed E-state index contributed by atoms with van der Waals surface area (Å²) in [5.41, 5.74) is 4.07. The standard InChI is InChI=1S/C8H5BrF3NO/c9-7-4(3-14)1-5(13)2-6(7)8(10,11)12/h1-3H,13H2. The quantitative estimate of drug-likeness (QED) is 0.628. The Balaban J connectivity index is 3.44. The highest BCUT2D eigenvalue weighted by atomic mass is 79.9. The molecule has 0 bridgehead atoms. The number of nitrogens with two attached hydrogens (primary N) is 1. The number of hydrogen-bond donors (Lipinski definition) is 1. The molecule has 0 amide bonds. The van der Waals surface area contributed by atoms with Crippen LogP contribution in [0.1, 0.15) is 15.9 Å². The first-order chi connectivity index (χ1) is 6.36. The van der Waals surface area contributed by atoms with Gasteiger partial charge in [-0.1, -0.05) is 0 Å². The average molecular weight is 268 g/mol. The van der Waals surface area contributed by atoms with Crippen molar-refractivity contribution in [3.8, 4) is 0 Å². The summed E-state index contributed by atoms with van der Waals surface area (Å²) >= 11 is 2.70. The molecule has 0 radical (unpaired) electrons. The third-order valence-electron chi connectivity index (χ3n) is 1.56. The third kappa shape index (κ3) is 2.06. The number of halogens is 4. The number of aldehydes is 1. The second kappa shape index (κ2) is 3.61. The number of benzene rings is 1. The van der Waals surface area contributed by atoms with Crippen molar-refractivity contribution in [2.24, 2.45) is 0 Å². The van der Waals surface area contributed by atoms with E-state index in [0.29, 0.717) is 6.29 Å². The molecule has 1 aromatic rings. The van der Waals surface area contributed by atoms with Crippen LogP contribution in [0.4, 0.5) is 18.9 Å². The summed E-state index contributed by atoms with van der Waals surface area (Å²) in [7, 11) is 0. The van der Waals surface area contributed by atoms with Crippen molar-refractivity contribution in [3.63, 3.8) is 0 Å². The van der Waals surface area contributed by atoms with E-state index in [1.165, 1.54) is 6.07 Å². The van der Waals surface area contributed by atoms with Crippen LogP contribution in [0, 0.1) is 0 Å². The maximum absolute atomic E-state index is 12.3. The van der Waals surface area contributed by atoms with E-state index in [4.69, 9.17) is 5.73 Å². The van der Waals surface area contributed by atoms with Gasteiger partial charge in [0.2, 0.25) is 0 Å². The van der Waals surface area contributed by atoms with Crippen molar-refractivity contribution in [1.29, 1.82) is 0 Å². The van der Waals surface area contributed by atoms with Crippen molar-refractivity contribution in [1.82, 2.24) is 0 Å². The molecule has 0 aliphatic carbocycles. The topological polar surface area (TPSA) is 43.1 Å². The molecule has 0 heterocycles. The van der Waals surface area contributed by atoms with Crippen molar-refractivity contribution >= 4 is 27.9 Å². The maximum atomic E-state index is 12.3. The van der Waals surface area contributed by atoms with Gasteiger partial charge in [0.15, 0.2) is 6.29 Å². The van der Waals surface area contributed by atoms with Gasteiger partial charge in [-0.05, 0) is 28.1 Å². The zero-order chi connectivity index (χ0) is 10.9. The maximum Gasteiger partial charge on any atom is 0.417 e. The fraction of sp³-hybridized carbons (Fsp3) is 0.125. The molecule has 0 unspecified atom stereocenters. The van der Waals surface area contributed by atoms with Crippen molar-refractivity contribution < 1.29 is 18.0 Å². The Kier molecular flexibility index (Phi) is 2.84. The van der Waals surface area contributed by atoms with Crippen LogP contribution in [-0.4, -0.2) is 6.29 Å². The summed E-state index contributed by atoms with van der Waals surface area (Å²) in [6, 6.07) is 1.95. The van der Waals surface area contributed by atoms with Crippen molar-refractivity contribution in [2.75, 3.05) is 5.73 Å². The highest BCUT2D eigenvalue weighted by molar-refractivity contribution is 9.10. The number of carbonyl (C=O) groups excluding carboxylic acids is 1. The van der Waals surface area contributed by atoms with E-state index < -0.39 is 11.7 Å². The summed E-state index contributed by atoms with van der Waals surface area (Å²) in [6.45, 7) is 0. The highest BCUT2D eigenvalue weighted by Crippen LogP contribution is 2.37.